The maximum atomic E-state index is 12.3. The van der Waals surface area contributed by atoms with Crippen molar-refractivity contribution >= 4 is 34.9 Å². The number of aromatic nitrogens is 2. The SMILES string of the molecule is COC(=O)c1cc(C(=O)OCc2cc(=O)n3cc(Cl)ccc3n2)cc([N+](=O)[O-])c1. The van der Waals surface area contributed by atoms with Gasteiger partial charge in [-0.05, 0) is 18.2 Å². The van der Waals surface area contributed by atoms with Crippen molar-refractivity contribution in [2.24, 2.45) is 0 Å². The molecular weight excluding hydrogens is 406 g/mol. The van der Waals surface area contributed by atoms with E-state index < -0.39 is 28.1 Å². The van der Waals surface area contributed by atoms with Gasteiger partial charge in [0.05, 0.1) is 33.9 Å². The van der Waals surface area contributed by atoms with Gasteiger partial charge >= 0.3 is 11.9 Å². The first-order valence-corrected chi connectivity index (χ1v) is 8.39. The fourth-order valence-electron chi connectivity index (χ4n) is 2.49. The molecule has 3 aromatic rings. The van der Waals surface area contributed by atoms with Crippen molar-refractivity contribution in [2.75, 3.05) is 7.11 Å². The van der Waals surface area contributed by atoms with Crippen molar-refractivity contribution in [3.05, 3.63) is 84.9 Å². The largest absolute Gasteiger partial charge is 0.465 e. The predicted molar refractivity (Wildman–Crippen MR) is 100 cm³/mol. The minimum absolute atomic E-state index is 0.171. The Bertz CT molecular complexity index is 1210. The molecule has 1 aromatic carbocycles. The number of halogens is 1. The molecule has 148 valence electrons. The van der Waals surface area contributed by atoms with E-state index in [0.29, 0.717) is 10.7 Å². The van der Waals surface area contributed by atoms with E-state index in [1.807, 2.05) is 0 Å². The highest BCUT2D eigenvalue weighted by Gasteiger charge is 2.19. The molecule has 0 atom stereocenters. The lowest BCUT2D eigenvalue weighted by Crippen LogP contribution is -2.16. The Labute approximate surface area is 167 Å². The number of carbonyl (C=O) groups is 2. The van der Waals surface area contributed by atoms with Crippen LogP contribution in [0, 0.1) is 10.1 Å². The molecule has 0 aliphatic heterocycles. The van der Waals surface area contributed by atoms with Gasteiger partial charge in [-0.2, -0.15) is 0 Å². The molecule has 0 saturated heterocycles. The zero-order valence-corrected chi connectivity index (χ0v) is 15.6. The highest BCUT2D eigenvalue weighted by molar-refractivity contribution is 6.30. The summed E-state index contributed by atoms with van der Waals surface area (Å²) in [6, 6.07) is 7.32. The number of nitrogens with zero attached hydrogens (tertiary/aromatic N) is 3. The lowest BCUT2D eigenvalue weighted by Gasteiger charge is -2.07. The van der Waals surface area contributed by atoms with Crippen LogP contribution in [-0.2, 0) is 16.1 Å². The van der Waals surface area contributed by atoms with Gasteiger partial charge in [0.2, 0.25) is 0 Å². The Morgan fingerprint density at radius 3 is 2.52 bits per heavy atom. The van der Waals surface area contributed by atoms with Crippen molar-refractivity contribution in [2.45, 2.75) is 6.61 Å². The molecule has 29 heavy (non-hydrogen) atoms. The summed E-state index contributed by atoms with van der Waals surface area (Å²) < 4.78 is 10.9. The summed E-state index contributed by atoms with van der Waals surface area (Å²) in [5, 5.41) is 11.4. The number of nitro benzene ring substituents is 1. The zero-order valence-electron chi connectivity index (χ0n) is 14.8. The Morgan fingerprint density at radius 2 is 1.86 bits per heavy atom. The molecule has 2 aromatic heterocycles. The summed E-state index contributed by atoms with van der Waals surface area (Å²) in [7, 11) is 1.11. The van der Waals surface area contributed by atoms with E-state index in [1.165, 1.54) is 22.7 Å². The van der Waals surface area contributed by atoms with Crippen LogP contribution >= 0.6 is 11.6 Å². The molecule has 0 aliphatic rings. The third-order valence-corrected chi connectivity index (χ3v) is 4.04. The van der Waals surface area contributed by atoms with E-state index in [-0.39, 0.29) is 23.4 Å². The lowest BCUT2D eigenvalue weighted by molar-refractivity contribution is -0.384. The minimum Gasteiger partial charge on any atom is -0.465 e. The highest BCUT2D eigenvalue weighted by atomic mass is 35.5. The molecule has 3 rings (SSSR count). The van der Waals surface area contributed by atoms with Crippen LogP contribution in [-0.4, -0.2) is 33.4 Å². The molecule has 0 spiro atoms. The number of nitro groups is 1. The van der Waals surface area contributed by atoms with E-state index in [2.05, 4.69) is 9.72 Å². The zero-order chi connectivity index (χ0) is 21.1. The summed E-state index contributed by atoms with van der Waals surface area (Å²) in [5.41, 5.74) is -0.817. The van der Waals surface area contributed by atoms with E-state index in [4.69, 9.17) is 16.3 Å². The number of hydrogen-bond donors (Lipinski definition) is 0. The van der Waals surface area contributed by atoms with Gasteiger partial charge in [-0.1, -0.05) is 11.6 Å². The Morgan fingerprint density at radius 1 is 1.17 bits per heavy atom. The van der Waals surface area contributed by atoms with E-state index >= 15 is 0 Å². The number of non-ortho nitro benzene ring substituents is 1. The van der Waals surface area contributed by atoms with Crippen molar-refractivity contribution < 1.29 is 24.0 Å². The predicted octanol–water partition coefficient (Wildman–Crippen LogP) is 2.40. The standard InChI is InChI=1S/C18H12ClN3O7/c1-28-17(24)10-4-11(6-14(5-10)22(26)27)18(25)29-9-13-7-16(23)21-8-12(19)2-3-15(21)20-13/h2-8H,9H2,1H3. The molecule has 0 aliphatic carbocycles. The first kappa shape index (κ1) is 20.0. The molecule has 0 unspecified atom stereocenters. The average molecular weight is 418 g/mol. The topological polar surface area (TPSA) is 130 Å². The first-order valence-electron chi connectivity index (χ1n) is 8.01. The van der Waals surface area contributed by atoms with Gasteiger partial charge in [-0.3, -0.25) is 19.3 Å². The molecule has 10 nitrogen and oxygen atoms in total. The third kappa shape index (κ3) is 4.38. The summed E-state index contributed by atoms with van der Waals surface area (Å²) in [6.07, 6.45) is 1.40. The quantitative estimate of drug-likeness (QED) is 0.351. The summed E-state index contributed by atoms with van der Waals surface area (Å²) in [6.45, 7) is -0.358. The fourth-order valence-corrected chi connectivity index (χ4v) is 2.65. The van der Waals surface area contributed by atoms with Crippen molar-refractivity contribution in [3.8, 4) is 0 Å². The van der Waals surface area contributed by atoms with E-state index in [9.17, 15) is 24.5 Å². The van der Waals surface area contributed by atoms with Crippen LogP contribution < -0.4 is 5.56 Å². The smallest absolute Gasteiger partial charge is 0.338 e. The van der Waals surface area contributed by atoms with Crippen LogP contribution in [0.4, 0.5) is 5.69 Å². The van der Waals surface area contributed by atoms with Crippen LogP contribution in [0.25, 0.3) is 5.65 Å². The van der Waals surface area contributed by atoms with Crippen molar-refractivity contribution in [1.29, 1.82) is 0 Å². The Balaban J connectivity index is 1.85. The van der Waals surface area contributed by atoms with Gasteiger partial charge in [0.15, 0.2) is 0 Å². The molecule has 0 amide bonds. The van der Waals surface area contributed by atoms with Crippen LogP contribution in [0.3, 0.4) is 0 Å². The number of methoxy groups -OCH3 is 1. The van der Waals surface area contributed by atoms with Gasteiger partial charge in [0.25, 0.3) is 11.2 Å². The first-order chi connectivity index (χ1) is 13.8. The second-order valence-electron chi connectivity index (χ2n) is 5.75. The number of pyridine rings is 1. The minimum atomic E-state index is -0.933. The van der Waals surface area contributed by atoms with Crippen LogP contribution in [0.1, 0.15) is 26.4 Å². The second-order valence-corrected chi connectivity index (χ2v) is 6.19. The number of ether oxygens (including phenoxy) is 2. The van der Waals surface area contributed by atoms with Gasteiger partial charge in [0.1, 0.15) is 12.3 Å². The fraction of sp³-hybridized carbons (Fsp3) is 0.111. The van der Waals surface area contributed by atoms with E-state index in [1.54, 1.807) is 6.07 Å². The number of hydrogen-bond acceptors (Lipinski definition) is 8. The Kier molecular flexibility index (Phi) is 5.55. The number of rotatable bonds is 5. The molecule has 0 radical (unpaired) electrons. The summed E-state index contributed by atoms with van der Waals surface area (Å²) in [4.78, 5) is 50.6. The number of carbonyl (C=O) groups excluding carboxylic acids is 2. The average Bonchev–Trinajstić information content (AvgIpc) is 2.71. The molecule has 0 saturated carbocycles. The normalized spacial score (nSPS) is 10.6. The van der Waals surface area contributed by atoms with Crippen LogP contribution in [0.5, 0.6) is 0 Å². The second kappa shape index (κ2) is 8.07. The van der Waals surface area contributed by atoms with Gasteiger partial charge in [-0.15, -0.1) is 0 Å². The number of benzene rings is 1. The maximum absolute atomic E-state index is 12.3. The lowest BCUT2D eigenvalue weighted by atomic mass is 10.1. The number of fused-ring (bicyclic) bond motifs is 1. The maximum Gasteiger partial charge on any atom is 0.338 e. The van der Waals surface area contributed by atoms with Crippen molar-refractivity contribution in [1.82, 2.24) is 9.38 Å². The van der Waals surface area contributed by atoms with Gasteiger partial charge in [-0.25, -0.2) is 14.6 Å². The monoisotopic (exact) mass is 417 g/mol. The van der Waals surface area contributed by atoms with E-state index in [0.717, 1.165) is 25.3 Å². The highest BCUT2D eigenvalue weighted by Crippen LogP contribution is 2.19. The molecule has 0 fully saturated rings. The molecule has 0 bridgehead atoms. The molecule has 2 heterocycles. The summed E-state index contributed by atoms with van der Waals surface area (Å²) >= 11 is 5.84. The summed E-state index contributed by atoms with van der Waals surface area (Å²) in [5.74, 6) is -1.78. The Hall–Kier alpha value is -3.79. The number of esters is 2. The van der Waals surface area contributed by atoms with Gasteiger partial charge < -0.3 is 9.47 Å². The molecule has 11 heteroatoms. The molecule has 0 N–H and O–H groups in total. The van der Waals surface area contributed by atoms with Crippen molar-refractivity contribution in [3.63, 3.8) is 0 Å². The van der Waals surface area contributed by atoms with Crippen LogP contribution in [0.15, 0.2) is 47.4 Å². The van der Waals surface area contributed by atoms with Crippen LogP contribution in [0.2, 0.25) is 5.02 Å². The molecular formula is C18H12ClN3O7. The van der Waals surface area contributed by atoms with Gasteiger partial charge in [0, 0.05) is 24.4 Å². The third-order valence-electron chi connectivity index (χ3n) is 3.81.